The van der Waals surface area contributed by atoms with E-state index in [1.165, 1.54) is 19.7 Å². The van der Waals surface area contributed by atoms with Crippen LogP contribution in [0.2, 0.25) is 0 Å². The number of carbonyl (C=O) groups excluding carboxylic acids is 2. The molecule has 2 atom stereocenters. The third-order valence-electron chi connectivity index (χ3n) is 5.58. The number of rotatable bonds is 3. The van der Waals surface area contributed by atoms with E-state index in [0.29, 0.717) is 21.8 Å². The van der Waals surface area contributed by atoms with Crippen molar-refractivity contribution in [2.45, 2.75) is 43.4 Å². The zero-order valence-electron chi connectivity index (χ0n) is 12.9. The second kappa shape index (κ2) is 5.18. The van der Waals surface area contributed by atoms with Gasteiger partial charge in [0.05, 0.1) is 18.7 Å². The Bertz CT molecular complexity index is 660. The molecule has 23 heavy (non-hydrogen) atoms. The second-order valence-electron chi connectivity index (χ2n) is 7.37. The molecule has 0 radical (unpaired) electrons. The number of hydrogen-bond donors (Lipinski definition) is 1. The van der Waals surface area contributed by atoms with E-state index in [1.807, 2.05) is 0 Å². The number of anilines is 1. The molecule has 5 rings (SSSR count). The van der Waals surface area contributed by atoms with E-state index in [9.17, 15) is 9.59 Å². The number of nitrogens with one attached hydrogen (secondary N) is 1. The maximum absolute atomic E-state index is 12.9. The zero-order valence-corrected chi connectivity index (χ0v) is 14.5. The smallest absolute Gasteiger partial charge is 0.349 e. The Morgan fingerprint density at radius 3 is 2.65 bits per heavy atom. The molecule has 124 valence electrons. The number of halogens is 1. The Hall–Kier alpha value is -1.14. The summed E-state index contributed by atoms with van der Waals surface area (Å²) in [7, 11) is 1.33. The molecule has 1 aromatic rings. The Morgan fingerprint density at radius 1 is 1.35 bits per heavy atom. The highest BCUT2D eigenvalue weighted by molar-refractivity contribution is 7.17. The number of thiazole rings is 1. The van der Waals surface area contributed by atoms with Crippen molar-refractivity contribution in [3.63, 3.8) is 0 Å². The largest absolute Gasteiger partial charge is 0.465 e. The molecule has 0 spiro atoms. The molecule has 0 aromatic carbocycles. The number of alkyl halides is 1. The van der Waals surface area contributed by atoms with Gasteiger partial charge in [-0.3, -0.25) is 4.79 Å². The highest BCUT2D eigenvalue weighted by Crippen LogP contribution is 2.64. The normalized spacial score (nSPS) is 37.7. The van der Waals surface area contributed by atoms with Crippen LogP contribution in [0.3, 0.4) is 0 Å². The summed E-state index contributed by atoms with van der Waals surface area (Å²) in [5.74, 6) is 0.725. The first-order valence-electron chi connectivity index (χ1n) is 7.96. The van der Waals surface area contributed by atoms with Crippen molar-refractivity contribution in [1.82, 2.24) is 4.98 Å². The van der Waals surface area contributed by atoms with Gasteiger partial charge in [-0.25, -0.2) is 9.78 Å². The fourth-order valence-electron chi connectivity index (χ4n) is 5.17. The molecule has 4 saturated carbocycles. The highest BCUT2D eigenvalue weighted by Gasteiger charge is 2.60. The lowest BCUT2D eigenvalue weighted by Crippen LogP contribution is -2.57. The van der Waals surface area contributed by atoms with Crippen molar-refractivity contribution < 1.29 is 14.3 Å². The predicted octanol–water partition coefficient (Wildman–Crippen LogP) is 3.45. The summed E-state index contributed by atoms with van der Waals surface area (Å²) in [4.78, 5) is 28.8. The first-order chi connectivity index (χ1) is 10.9. The molecule has 4 aliphatic rings. The Kier molecular flexibility index (Phi) is 3.47. The van der Waals surface area contributed by atoms with Crippen LogP contribution < -0.4 is 5.32 Å². The van der Waals surface area contributed by atoms with Crippen molar-refractivity contribution in [2.75, 3.05) is 12.4 Å². The molecule has 1 N–H and O–H groups in total. The Labute approximate surface area is 143 Å². The van der Waals surface area contributed by atoms with E-state index in [0.717, 1.165) is 43.4 Å². The Morgan fingerprint density at radius 2 is 2.04 bits per heavy atom. The van der Waals surface area contributed by atoms with Crippen LogP contribution in [0.5, 0.6) is 0 Å². The van der Waals surface area contributed by atoms with Crippen LogP contribution in [0, 0.1) is 17.3 Å². The molecule has 1 amide bonds. The molecule has 4 fully saturated rings. The summed E-state index contributed by atoms with van der Waals surface area (Å²) in [6.07, 6.45) is 7.36. The topological polar surface area (TPSA) is 68.3 Å². The van der Waals surface area contributed by atoms with Crippen LogP contribution >= 0.6 is 22.9 Å². The lowest BCUT2D eigenvalue weighted by atomic mass is 9.49. The van der Waals surface area contributed by atoms with E-state index in [2.05, 4.69) is 15.0 Å². The van der Waals surface area contributed by atoms with Gasteiger partial charge in [-0.1, -0.05) is 11.3 Å². The number of aromatic nitrogens is 1. The number of esters is 1. The Balaban J connectivity index is 1.53. The summed E-state index contributed by atoms with van der Waals surface area (Å²) in [6, 6.07) is 0. The van der Waals surface area contributed by atoms with Gasteiger partial charge in [-0.2, -0.15) is 0 Å². The number of nitrogens with zero attached hydrogens (tertiary/aromatic N) is 1. The SMILES string of the molecule is COC(=O)c1cnc(NC(=O)C23CC4CC(CC(Cl)(C4)C2)C3)s1. The third-order valence-corrected chi connectivity index (χ3v) is 6.92. The molecular weight excluding hydrogens is 336 g/mol. The predicted molar refractivity (Wildman–Crippen MR) is 87.8 cm³/mol. The van der Waals surface area contributed by atoms with Gasteiger partial charge in [0, 0.05) is 4.87 Å². The summed E-state index contributed by atoms with van der Waals surface area (Å²) < 4.78 is 4.67. The van der Waals surface area contributed by atoms with Gasteiger partial charge in [-0.15, -0.1) is 11.6 Å². The van der Waals surface area contributed by atoms with E-state index in [4.69, 9.17) is 11.6 Å². The maximum atomic E-state index is 12.9. The van der Waals surface area contributed by atoms with Crippen LogP contribution in [0.15, 0.2) is 6.20 Å². The van der Waals surface area contributed by atoms with Crippen LogP contribution in [0.1, 0.15) is 48.2 Å². The van der Waals surface area contributed by atoms with Crippen molar-refractivity contribution in [3.8, 4) is 0 Å². The van der Waals surface area contributed by atoms with Gasteiger partial charge in [0.25, 0.3) is 0 Å². The molecular formula is C16H19ClN2O3S. The first-order valence-corrected chi connectivity index (χ1v) is 9.15. The molecule has 5 nitrogen and oxygen atoms in total. The fourth-order valence-corrected chi connectivity index (χ4v) is 6.59. The van der Waals surface area contributed by atoms with Crippen molar-refractivity contribution in [3.05, 3.63) is 11.1 Å². The molecule has 7 heteroatoms. The minimum Gasteiger partial charge on any atom is -0.465 e. The molecule has 0 saturated heterocycles. The van der Waals surface area contributed by atoms with Gasteiger partial charge in [0.2, 0.25) is 5.91 Å². The van der Waals surface area contributed by atoms with E-state index < -0.39 is 5.97 Å². The molecule has 1 aromatic heterocycles. The highest BCUT2D eigenvalue weighted by atomic mass is 35.5. The number of hydrogen-bond acceptors (Lipinski definition) is 5. The fraction of sp³-hybridized carbons (Fsp3) is 0.688. The van der Waals surface area contributed by atoms with Crippen LogP contribution in [-0.2, 0) is 9.53 Å². The second-order valence-corrected chi connectivity index (χ2v) is 9.20. The van der Waals surface area contributed by atoms with Gasteiger partial charge in [0.1, 0.15) is 4.88 Å². The molecule has 4 aliphatic carbocycles. The van der Waals surface area contributed by atoms with Crippen LogP contribution in [-0.4, -0.2) is 28.8 Å². The van der Waals surface area contributed by atoms with Gasteiger partial charge in [-0.05, 0) is 50.4 Å². The van der Waals surface area contributed by atoms with Crippen molar-refractivity contribution >= 4 is 39.9 Å². The number of methoxy groups -OCH3 is 1. The molecule has 1 heterocycles. The first kappa shape index (κ1) is 15.4. The molecule has 4 bridgehead atoms. The van der Waals surface area contributed by atoms with Crippen molar-refractivity contribution in [1.29, 1.82) is 0 Å². The monoisotopic (exact) mass is 354 g/mol. The van der Waals surface area contributed by atoms with Gasteiger partial charge in [0.15, 0.2) is 5.13 Å². The van der Waals surface area contributed by atoms with Crippen LogP contribution in [0.4, 0.5) is 5.13 Å². The lowest BCUT2D eigenvalue weighted by Gasteiger charge is -2.59. The molecule has 2 unspecified atom stereocenters. The van der Waals surface area contributed by atoms with Gasteiger partial charge < -0.3 is 10.1 Å². The summed E-state index contributed by atoms with van der Waals surface area (Å²) in [5.41, 5.74) is -0.358. The van der Waals surface area contributed by atoms with E-state index in [-0.39, 0.29) is 16.2 Å². The minimum absolute atomic E-state index is 0.0161. The lowest BCUT2D eigenvalue weighted by molar-refractivity contribution is -0.138. The molecule has 0 aliphatic heterocycles. The summed E-state index contributed by atoms with van der Waals surface area (Å²) in [5, 5.41) is 3.37. The zero-order chi connectivity index (χ0) is 16.2. The number of carbonyl (C=O) groups is 2. The summed E-state index contributed by atoms with van der Waals surface area (Å²) in [6.45, 7) is 0. The summed E-state index contributed by atoms with van der Waals surface area (Å²) >= 11 is 7.92. The van der Waals surface area contributed by atoms with Crippen molar-refractivity contribution in [2.24, 2.45) is 17.3 Å². The standard InChI is InChI=1S/C16H19ClN2O3S/c1-22-12(20)11-7-18-14(23-11)19-13(21)15-3-9-2-10(4-15)6-16(17,5-9)8-15/h7,9-10H,2-6,8H2,1H3,(H,18,19,21). The quantitative estimate of drug-likeness (QED) is 0.666. The third kappa shape index (κ3) is 2.56. The average Bonchev–Trinajstić information content (AvgIpc) is 2.92. The van der Waals surface area contributed by atoms with E-state index >= 15 is 0 Å². The minimum atomic E-state index is -0.433. The number of amides is 1. The number of ether oxygens (including phenoxy) is 1. The van der Waals surface area contributed by atoms with Gasteiger partial charge >= 0.3 is 5.97 Å². The maximum Gasteiger partial charge on any atom is 0.349 e. The van der Waals surface area contributed by atoms with E-state index in [1.54, 1.807) is 0 Å². The average molecular weight is 355 g/mol. The van der Waals surface area contributed by atoms with Crippen LogP contribution in [0.25, 0.3) is 0 Å².